The zero-order valence-corrected chi connectivity index (χ0v) is 12.9. The molecule has 0 aliphatic carbocycles. The van der Waals surface area contributed by atoms with Crippen LogP contribution in [0.2, 0.25) is 0 Å². The number of hydrogen-bond acceptors (Lipinski definition) is 2. The molecule has 104 valence electrons. The van der Waals surface area contributed by atoms with Crippen molar-refractivity contribution in [1.82, 2.24) is 5.32 Å². The molecule has 0 saturated carbocycles. The summed E-state index contributed by atoms with van der Waals surface area (Å²) in [4.78, 5) is 0. The lowest BCUT2D eigenvalue weighted by atomic mass is 9.64. The highest BCUT2D eigenvalue weighted by atomic mass is 79.9. The van der Waals surface area contributed by atoms with Gasteiger partial charge in [-0.2, -0.15) is 0 Å². The van der Waals surface area contributed by atoms with Crippen molar-refractivity contribution in [2.75, 3.05) is 26.3 Å². The van der Waals surface area contributed by atoms with Crippen molar-refractivity contribution >= 4 is 15.9 Å². The average Bonchev–Trinajstić information content (AvgIpc) is 2.66. The first-order valence-corrected chi connectivity index (χ1v) is 8.13. The van der Waals surface area contributed by atoms with Gasteiger partial charge in [-0.25, -0.2) is 0 Å². The Labute approximate surface area is 124 Å². The quantitative estimate of drug-likeness (QED) is 0.850. The van der Waals surface area contributed by atoms with Gasteiger partial charge in [0.05, 0.1) is 0 Å². The van der Waals surface area contributed by atoms with Crippen molar-refractivity contribution in [3.8, 4) is 0 Å². The minimum Gasteiger partial charge on any atom is -0.381 e. The Bertz CT molecular complexity index is 427. The number of halogens is 1. The first kappa shape index (κ1) is 13.6. The third-order valence-corrected chi connectivity index (χ3v) is 5.34. The highest BCUT2D eigenvalue weighted by Crippen LogP contribution is 2.48. The van der Waals surface area contributed by atoms with E-state index in [1.807, 2.05) is 0 Å². The molecule has 3 heteroatoms. The predicted octanol–water partition coefficient (Wildman–Crippen LogP) is 3.71. The van der Waals surface area contributed by atoms with E-state index in [9.17, 15) is 0 Å². The molecule has 2 nitrogen and oxygen atoms in total. The van der Waals surface area contributed by atoms with Crippen LogP contribution in [0.3, 0.4) is 0 Å². The van der Waals surface area contributed by atoms with Crippen molar-refractivity contribution in [3.63, 3.8) is 0 Å². The molecule has 2 fully saturated rings. The third-order valence-electron chi connectivity index (χ3n) is 4.85. The minimum atomic E-state index is 0.447. The van der Waals surface area contributed by atoms with Crippen molar-refractivity contribution in [3.05, 3.63) is 34.3 Å². The fourth-order valence-corrected chi connectivity index (χ4v) is 4.21. The van der Waals surface area contributed by atoms with Crippen molar-refractivity contribution in [2.24, 2.45) is 5.41 Å². The van der Waals surface area contributed by atoms with Gasteiger partial charge in [-0.1, -0.05) is 28.1 Å². The van der Waals surface area contributed by atoms with Crippen LogP contribution in [-0.2, 0) is 4.74 Å². The second-order valence-corrected chi connectivity index (χ2v) is 6.81. The molecule has 2 unspecified atom stereocenters. The summed E-state index contributed by atoms with van der Waals surface area (Å²) in [7, 11) is 0. The van der Waals surface area contributed by atoms with Gasteiger partial charge in [0.1, 0.15) is 0 Å². The lowest BCUT2D eigenvalue weighted by Gasteiger charge is -2.44. The summed E-state index contributed by atoms with van der Waals surface area (Å²) in [6, 6.07) is 8.86. The van der Waals surface area contributed by atoms with Crippen molar-refractivity contribution < 1.29 is 4.74 Å². The summed E-state index contributed by atoms with van der Waals surface area (Å²) < 4.78 is 6.89. The molecule has 19 heavy (non-hydrogen) atoms. The lowest BCUT2D eigenvalue weighted by molar-refractivity contribution is 0.104. The highest BCUT2D eigenvalue weighted by Gasteiger charge is 2.41. The summed E-state index contributed by atoms with van der Waals surface area (Å²) in [5.41, 5.74) is 1.92. The van der Waals surface area contributed by atoms with Crippen LogP contribution >= 0.6 is 15.9 Å². The molecule has 1 N–H and O–H groups in total. The number of nitrogens with one attached hydrogen (secondary N) is 1. The third kappa shape index (κ3) is 2.88. The fraction of sp³-hybridized carbons (Fsp3) is 0.625. The SMILES string of the molecule is Brc1cccc(C2CNCCC23CCCOCC3)c1. The Morgan fingerprint density at radius 2 is 2.16 bits per heavy atom. The Morgan fingerprint density at radius 1 is 1.21 bits per heavy atom. The van der Waals surface area contributed by atoms with E-state index >= 15 is 0 Å². The maximum Gasteiger partial charge on any atom is 0.0471 e. The van der Waals surface area contributed by atoms with Crippen molar-refractivity contribution in [2.45, 2.75) is 31.6 Å². The summed E-state index contributed by atoms with van der Waals surface area (Å²) >= 11 is 3.61. The Balaban J connectivity index is 1.91. The molecule has 2 aliphatic heterocycles. The molecule has 0 bridgehead atoms. The fourth-order valence-electron chi connectivity index (χ4n) is 3.80. The molecule has 2 heterocycles. The topological polar surface area (TPSA) is 21.3 Å². The van der Waals surface area contributed by atoms with Gasteiger partial charge in [-0.05, 0) is 55.3 Å². The highest BCUT2D eigenvalue weighted by molar-refractivity contribution is 9.10. The van der Waals surface area contributed by atoms with Crippen LogP contribution in [0.25, 0.3) is 0 Å². The molecule has 0 amide bonds. The normalized spacial score (nSPS) is 32.2. The minimum absolute atomic E-state index is 0.447. The van der Waals surface area contributed by atoms with E-state index in [1.165, 1.54) is 35.7 Å². The van der Waals surface area contributed by atoms with Crippen molar-refractivity contribution in [1.29, 1.82) is 0 Å². The van der Waals surface area contributed by atoms with E-state index < -0.39 is 0 Å². The maximum atomic E-state index is 5.70. The Hall–Kier alpha value is -0.380. The number of rotatable bonds is 1. The molecule has 1 aromatic rings. The van der Waals surface area contributed by atoms with Crippen LogP contribution in [0.5, 0.6) is 0 Å². The first-order valence-electron chi connectivity index (χ1n) is 7.34. The van der Waals surface area contributed by atoms with Crippen LogP contribution in [0.1, 0.15) is 37.2 Å². The van der Waals surface area contributed by atoms with Gasteiger partial charge in [0.15, 0.2) is 0 Å². The van der Waals surface area contributed by atoms with Gasteiger partial charge in [0, 0.05) is 30.1 Å². The Morgan fingerprint density at radius 3 is 3.05 bits per heavy atom. The van der Waals surface area contributed by atoms with E-state index in [1.54, 1.807) is 0 Å². The standard InChI is InChI=1S/C16H22BrNO/c17-14-4-1-3-13(11-14)15-12-18-8-6-16(15)5-2-9-19-10-7-16/h1,3-4,11,15,18H,2,5-10,12H2. The zero-order chi connectivity index (χ0) is 13.1. The predicted molar refractivity (Wildman–Crippen MR) is 81.5 cm³/mol. The number of hydrogen-bond donors (Lipinski definition) is 1. The summed E-state index contributed by atoms with van der Waals surface area (Å²) in [5.74, 6) is 0.625. The molecule has 1 spiro atoms. The van der Waals surface area contributed by atoms with Gasteiger partial charge in [0.2, 0.25) is 0 Å². The second kappa shape index (κ2) is 5.94. The molecule has 0 aromatic heterocycles. The zero-order valence-electron chi connectivity index (χ0n) is 11.3. The maximum absolute atomic E-state index is 5.70. The lowest BCUT2D eigenvalue weighted by Crippen LogP contribution is -2.44. The van der Waals surface area contributed by atoms with Gasteiger partial charge >= 0.3 is 0 Å². The largest absolute Gasteiger partial charge is 0.381 e. The molecule has 2 saturated heterocycles. The van der Waals surface area contributed by atoms with Gasteiger partial charge < -0.3 is 10.1 Å². The van der Waals surface area contributed by atoms with Gasteiger partial charge in [-0.15, -0.1) is 0 Å². The summed E-state index contributed by atoms with van der Waals surface area (Å²) in [6.07, 6.45) is 5.02. The summed E-state index contributed by atoms with van der Waals surface area (Å²) in [5, 5.41) is 3.59. The molecule has 2 aliphatic rings. The van der Waals surface area contributed by atoms with E-state index in [0.717, 1.165) is 26.3 Å². The van der Waals surface area contributed by atoms with E-state index in [4.69, 9.17) is 4.74 Å². The molecule has 1 aromatic carbocycles. The smallest absolute Gasteiger partial charge is 0.0471 e. The van der Waals surface area contributed by atoms with Crippen LogP contribution in [0.15, 0.2) is 28.7 Å². The molecule has 2 atom stereocenters. The monoisotopic (exact) mass is 323 g/mol. The van der Waals surface area contributed by atoms with Gasteiger partial charge in [-0.3, -0.25) is 0 Å². The number of ether oxygens (including phenoxy) is 1. The second-order valence-electron chi connectivity index (χ2n) is 5.89. The van der Waals surface area contributed by atoms with Gasteiger partial charge in [0.25, 0.3) is 0 Å². The Kier molecular flexibility index (Phi) is 4.25. The van der Waals surface area contributed by atoms with Crippen LogP contribution in [-0.4, -0.2) is 26.3 Å². The van der Waals surface area contributed by atoms with Crippen LogP contribution in [0, 0.1) is 5.41 Å². The molecular weight excluding hydrogens is 302 g/mol. The summed E-state index contributed by atoms with van der Waals surface area (Å²) in [6.45, 7) is 4.14. The molecule has 0 radical (unpaired) electrons. The van der Waals surface area contributed by atoms with Crippen LogP contribution in [0.4, 0.5) is 0 Å². The molecular formula is C16H22BrNO. The van der Waals surface area contributed by atoms with E-state index in [-0.39, 0.29) is 0 Å². The van der Waals surface area contributed by atoms with Crippen LogP contribution < -0.4 is 5.32 Å². The number of benzene rings is 1. The van der Waals surface area contributed by atoms with E-state index in [2.05, 4.69) is 45.5 Å². The molecule has 3 rings (SSSR count). The average molecular weight is 324 g/mol. The first-order chi connectivity index (χ1) is 9.30. The number of piperidine rings is 1. The van der Waals surface area contributed by atoms with E-state index in [0.29, 0.717) is 11.3 Å².